The molecule has 0 aliphatic carbocycles. The van der Waals surface area contributed by atoms with E-state index in [2.05, 4.69) is 15.4 Å². The Hall–Kier alpha value is -2.68. The monoisotopic (exact) mass is 335 g/mol. The second-order valence-corrected chi connectivity index (χ2v) is 5.45. The van der Waals surface area contributed by atoms with Gasteiger partial charge in [0.2, 0.25) is 11.8 Å². The normalized spacial score (nSPS) is 17.5. The summed E-state index contributed by atoms with van der Waals surface area (Å²) in [6.45, 7) is 1.25. The molecule has 0 radical (unpaired) electrons. The highest BCUT2D eigenvalue weighted by Gasteiger charge is 2.21. The maximum Gasteiger partial charge on any atom is 0.254 e. The fourth-order valence-electron chi connectivity index (χ4n) is 2.57. The molecule has 24 heavy (non-hydrogen) atoms. The van der Waals surface area contributed by atoms with Gasteiger partial charge < -0.3 is 20.5 Å². The van der Waals surface area contributed by atoms with Gasteiger partial charge >= 0.3 is 0 Å². The number of hydrogen-bond donors (Lipinski definition) is 2. The number of methoxy groups -OCH3 is 1. The van der Waals surface area contributed by atoms with Crippen LogP contribution in [0.15, 0.2) is 18.3 Å². The smallest absolute Gasteiger partial charge is 0.254 e. The number of pyridine rings is 1. The highest BCUT2D eigenvalue weighted by molar-refractivity contribution is 5.98. The van der Waals surface area contributed by atoms with Crippen LogP contribution in [0.25, 0.3) is 0 Å². The van der Waals surface area contributed by atoms with Crippen molar-refractivity contribution in [1.82, 2.24) is 14.8 Å². The minimum Gasteiger partial charge on any atom is -0.481 e. The molecule has 3 rings (SSSR count). The molecule has 0 bridgehead atoms. The van der Waals surface area contributed by atoms with Crippen LogP contribution in [0, 0.1) is 5.95 Å². The van der Waals surface area contributed by atoms with Crippen LogP contribution in [-0.2, 0) is 4.74 Å². The Balaban J connectivity index is 1.90. The van der Waals surface area contributed by atoms with Crippen molar-refractivity contribution in [3.63, 3.8) is 0 Å². The van der Waals surface area contributed by atoms with E-state index in [1.165, 1.54) is 19.2 Å². The Morgan fingerprint density at radius 3 is 3.04 bits per heavy atom. The molecule has 1 fully saturated rings. The zero-order valence-electron chi connectivity index (χ0n) is 13.2. The maximum atomic E-state index is 13.5. The van der Waals surface area contributed by atoms with E-state index in [1.807, 2.05) is 0 Å². The topological polar surface area (TPSA) is 104 Å². The molecule has 0 aromatic carbocycles. The van der Waals surface area contributed by atoms with E-state index < -0.39 is 11.9 Å². The molecule has 1 saturated heterocycles. The first kappa shape index (κ1) is 16.2. The molecule has 2 aromatic rings. The van der Waals surface area contributed by atoms with Crippen LogP contribution in [-0.4, -0.2) is 41.0 Å². The SMILES string of the molecule is COc1cc(Nc2nn(C3CCCOC3)cc2C(N)=O)cc(F)n1. The minimum absolute atomic E-state index is 0.0381. The van der Waals surface area contributed by atoms with Crippen LogP contribution in [0.1, 0.15) is 29.2 Å². The molecule has 1 aliphatic rings. The molecule has 0 saturated carbocycles. The number of amides is 1. The van der Waals surface area contributed by atoms with Crippen LogP contribution < -0.4 is 15.8 Å². The van der Waals surface area contributed by atoms with Gasteiger partial charge in [-0.2, -0.15) is 14.5 Å². The van der Waals surface area contributed by atoms with E-state index in [1.54, 1.807) is 10.9 Å². The van der Waals surface area contributed by atoms with Gasteiger partial charge in [0.15, 0.2) is 5.82 Å². The number of nitrogens with zero attached hydrogens (tertiary/aromatic N) is 3. The van der Waals surface area contributed by atoms with Gasteiger partial charge in [0.05, 0.1) is 19.8 Å². The van der Waals surface area contributed by atoms with Crippen molar-refractivity contribution in [3.8, 4) is 5.88 Å². The van der Waals surface area contributed by atoms with Crippen LogP contribution in [0.5, 0.6) is 5.88 Å². The highest BCUT2D eigenvalue weighted by Crippen LogP contribution is 2.26. The molecule has 1 atom stereocenters. The van der Waals surface area contributed by atoms with E-state index in [0.717, 1.165) is 19.4 Å². The highest BCUT2D eigenvalue weighted by atomic mass is 19.1. The molecule has 1 unspecified atom stereocenters. The van der Waals surface area contributed by atoms with Gasteiger partial charge in [-0.15, -0.1) is 0 Å². The first-order valence-electron chi connectivity index (χ1n) is 7.52. The summed E-state index contributed by atoms with van der Waals surface area (Å²) in [5.74, 6) is -0.974. The van der Waals surface area contributed by atoms with E-state index in [4.69, 9.17) is 15.2 Å². The van der Waals surface area contributed by atoms with Crippen molar-refractivity contribution in [2.75, 3.05) is 25.6 Å². The third kappa shape index (κ3) is 3.46. The van der Waals surface area contributed by atoms with Crippen molar-refractivity contribution in [3.05, 3.63) is 29.8 Å². The lowest BCUT2D eigenvalue weighted by atomic mass is 10.1. The van der Waals surface area contributed by atoms with Crippen molar-refractivity contribution < 1.29 is 18.7 Å². The number of anilines is 2. The van der Waals surface area contributed by atoms with Gasteiger partial charge in [-0.1, -0.05) is 0 Å². The number of halogens is 1. The standard InChI is InChI=1S/C15H18FN5O3/c1-23-13-6-9(5-12(16)19-13)18-15-11(14(17)22)7-21(20-15)10-3-2-4-24-8-10/h5-7,10H,2-4,8H2,1H3,(H2,17,22)(H,18,19,20). The summed E-state index contributed by atoms with van der Waals surface area (Å²) in [5.41, 5.74) is 6.00. The van der Waals surface area contributed by atoms with Crippen LogP contribution in [0.2, 0.25) is 0 Å². The second kappa shape index (κ2) is 6.83. The Labute approximate surface area is 137 Å². The lowest BCUT2D eigenvalue weighted by Gasteiger charge is -2.22. The largest absolute Gasteiger partial charge is 0.481 e. The second-order valence-electron chi connectivity index (χ2n) is 5.45. The zero-order chi connectivity index (χ0) is 17.1. The average Bonchev–Trinajstić information content (AvgIpc) is 2.99. The van der Waals surface area contributed by atoms with Gasteiger partial charge in [0.1, 0.15) is 5.56 Å². The summed E-state index contributed by atoms with van der Waals surface area (Å²) < 4.78 is 25.5. The molecule has 1 aliphatic heterocycles. The van der Waals surface area contributed by atoms with Crippen LogP contribution in [0.4, 0.5) is 15.9 Å². The number of primary amides is 1. The minimum atomic E-state index is -0.711. The summed E-state index contributed by atoms with van der Waals surface area (Å²) in [5, 5.41) is 7.27. The summed E-state index contributed by atoms with van der Waals surface area (Å²) in [6.07, 6.45) is 3.40. The molecular formula is C15H18FN5O3. The Bertz CT molecular complexity index is 743. The van der Waals surface area contributed by atoms with Crippen molar-refractivity contribution in [1.29, 1.82) is 0 Å². The molecule has 3 N–H and O–H groups in total. The quantitative estimate of drug-likeness (QED) is 0.805. The summed E-state index contributed by atoms with van der Waals surface area (Å²) in [6, 6.07) is 2.71. The van der Waals surface area contributed by atoms with Gasteiger partial charge in [0, 0.05) is 30.6 Å². The number of nitrogens with one attached hydrogen (secondary N) is 1. The van der Waals surface area contributed by atoms with E-state index in [9.17, 15) is 9.18 Å². The molecule has 2 aromatic heterocycles. The Morgan fingerprint density at radius 1 is 1.54 bits per heavy atom. The molecule has 8 nitrogen and oxygen atoms in total. The van der Waals surface area contributed by atoms with Crippen molar-refractivity contribution >= 4 is 17.4 Å². The van der Waals surface area contributed by atoms with Crippen molar-refractivity contribution in [2.45, 2.75) is 18.9 Å². The molecular weight excluding hydrogens is 317 g/mol. The van der Waals surface area contributed by atoms with Crippen molar-refractivity contribution in [2.24, 2.45) is 5.73 Å². The predicted molar refractivity (Wildman–Crippen MR) is 83.9 cm³/mol. The number of hydrogen-bond acceptors (Lipinski definition) is 6. The number of aromatic nitrogens is 3. The first-order chi connectivity index (χ1) is 11.6. The summed E-state index contributed by atoms with van der Waals surface area (Å²) in [4.78, 5) is 15.3. The Kier molecular flexibility index (Phi) is 4.61. The lowest BCUT2D eigenvalue weighted by Crippen LogP contribution is -2.21. The van der Waals surface area contributed by atoms with Gasteiger partial charge in [0.25, 0.3) is 5.91 Å². The van der Waals surface area contributed by atoms with Gasteiger partial charge in [-0.25, -0.2) is 0 Å². The fraction of sp³-hybridized carbons (Fsp3) is 0.400. The molecule has 3 heterocycles. The summed E-state index contributed by atoms with van der Waals surface area (Å²) >= 11 is 0. The third-order valence-corrected chi connectivity index (χ3v) is 3.75. The van der Waals surface area contributed by atoms with Gasteiger partial charge in [-0.05, 0) is 12.8 Å². The van der Waals surface area contributed by atoms with Crippen LogP contribution >= 0.6 is 0 Å². The van der Waals surface area contributed by atoms with Crippen LogP contribution in [0.3, 0.4) is 0 Å². The maximum absolute atomic E-state index is 13.5. The summed E-state index contributed by atoms with van der Waals surface area (Å²) in [7, 11) is 1.39. The number of rotatable bonds is 5. The molecule has 1 amide bonds. The van der Waals surface area contributed by atoms with E-state index >= 15 is 0 Å². The molecule has 128 valence electrons. The number of nitrogens with two attached hydrogens (primary N) is 1. The lowest BCUT2D eigenvalue weighted by molar-refractivity contribution is 0.0550. The van der Waals surface area contributed by atoms with E-state index in [0.29, 0.717) is 12.3 Å². The molecule has 9 heteroatoms. The predicted octanol–water partition coefficient (Wildman–Crippen LogP) is 1.62. The first-order valence-corrected chi connectivity index (χ1v) is 7.52. The Morgan fingerprint density at radius 2 is 2.38 bits per heavy atom. The zero-order valence-corrected chi connectivity index (χ0v) is 13.2. The number of carbonyl (C=O) groups is 1. The third-order valence-electron chi connectivity index (χ3n) is 3.75. The number of ether oxygens (including phenoxy) is 2. The van der Waals surface area contributed by atoms with E-state index in [-0.39, 0.29) is 23.3 Å². The van der Waals surface area contributed by atoms with Gasteiger partial charge in [-0.3, -0.25) is 9.48 Å². The average molecular weight is 335 g/mol. The number of carbonyl (C=O) groups excluding carboxylic acids is 1. The fourth-order valence-corrected chi connectivity index (χ4v) is 2.57. The molecule has 0 spiro atoms.